The van der Waals surface area contributed by atoms with Crippen molar-refractivity contribution in [3.8, 4) is 0 Å². The van der Waals surface area contributed by atoms with Crippen molar-refractivity contribution >= 4 is 21.7 Å². The minimum absolute atomic E-state index is 0.329. The van der Waals surface area contributed by atoms with E-state index in [1.54, 1.807) is 0 Å². The highest BCUT2D eigenvalue weighted by Crippen LogP contribution is 2.42. The first-order chi connectivity index (χ1) is 9.30. The van der Waals surface area contributed by atoms with Crippen molar-refractivity contribution < 1.29 is 44.9 Å². The monoisotopic (exact) mass is 331 g/mol. The fraction of sp³-hybridized carbons (Fsp3) is 0.400. The Hall–Kier alpha value is -1.75. The molecule has 0 aromatic carbocycles. The van der Waals surface area contributed by atoms with Crippen LogP contribution >= 0.6 is 0 Å². The van der Waals surface area contributed by atoms with Crippen LogP contribution in [0, 0.1) is 0 Å². The molecule has 0 aromatic heterocycles. The maximum absolute atomic E-state index is 13.4. The van der Waals surface area contributed by atoms with Gasteiger partial charge in [0.2, 0.25) is 5.78 Å². The van der Waals surface area contributed by atoms with Gasteiger partial charge >= 0.3 is 11.2 Å². The molecule has 0 N–H and O–H groups in total. The molecule has 118 valence electrons. The van der Waals surface area contributed by atoms with Gasteiger partial charge < -0.3 is 9.29 Å². The molecule has 1 atom stereocenters. The van der Waals surface area contributed by atoms with E-state index < -0.39 is 44.7 Å². The lowest BCUT2D eigenvalue weighted by atomic mass is 10.1. The van der Waals surface area contributed by atoms with E-state index in [4.69, 9.17) is 0 Å². The number of carbonyl (C=O) groups excluding carboxylic acids is 2. The van der Waals surface area contributed by atoms with Gasteiger partial charge in [0.1, 0.15) is 0 Å². The van der Waals surface area contributed by atoms with Crippen molar-refractivity contribution in [2.24, 2.45) is 0 Å². The SMILES string of the molecule is CC(OC1=CC(=O)C=CC1=O)C(F)(F)C(F)(F)S(=O)(=O)[O-]. The van der Waals surface area contributed by atoms with Crippen LogP contribution < -0.4 is 0 Å². The summed E-state index contributed by atoms with van der Waals surface area (Å²) in [6.45, 7) is 0.329. The van der Waals surface area contributed by atoms with Gasteiger partial charge in [0, 0.05) is 6.08 Å². The molecular formula is C10H7F4O6S-. The molecule has 0 spiro atoms. The van der Waals surface area contributed by atoms with Crippen LogP contribution in [0.1, 0.15) is 6.92 Å². The molecule has 1 aliphatic rings. The average Bonchev–Trinajstić information content (AvgIpc) is 2.32. The number of hydrogen-bond acceptors (Lipinski definition) is 6. The molecule has 0 fully saturated rings. The number of ketones is 2. The zero-order valence-electron chi connectivity index (χ0n) is 10.2. The van der Waals surface area contributed by atoms with E-state index in [0.717, 1.165) is 6.08 Å². The summed E-state index contributed by atoms with van der Waals surface area (Å²) in [6.07, 6.45) is -0.941. The number of allylic oxidation sites excluding steroid dienone is 3. The molecule has 0 aromatic rings. The van der Waals surface area contributed by atoms with E-state index in [9.17, 15) is 40.1 Å². The Morgan fingerprint density at radius 1 is 1.19 bits per heavy atom. The number of rotatable bonds is 5. The zero-order chi connectivity index (χ0) is 16.6. The lowest BCUT2D eigenvalue weighted by Gasteiger charge is -2.32. The number of alkyl halides is 4. The minimum Gasteiger partial charge on any atom is -0.743 e. The molecule has 0 saturated carbocycles. The van der Waals surface area contributed by atoms with Gasteiger partial charge in [-0.15, -0.1) is 0 Å². The van der Waals surface area contributed by atoms with E-state index in [1.807, 2.05) is 0 Å². The highest BCUT2D eigenvalue weighted by atomic mass is 32.2. The average molecular weight is 331 g/mol. The molecular weight excluding hydrogens is 324 g/mol. The van der Waals surface area contributed by atoms with Gasteiger partial charge in [-0.1, -0.05) is 0 Å². The Kier molecular flexibility index (Phi) is 4.30. The number of halogens is 4. The second kappa shape index (κ2) is 5.22. The maximum Gasteiger partial charge on any atom is 0.400 e. The second-order valence-corrected chi connectivity index (χ2v) is 5.38. The topological polar surface area (TPSA) is 101 Å². The van der Waals surface area contributed by atoms with Gasteiger partial charge in [-0.05, 0) is 19.1 Å². The summed E-state index contributed by atoms with van der Waals surface area (Å²) in [5.41, 5.74) is 0. The first-order valence-electron chi connectivity index (χ1n) is 5.16. The minimum atomic E-state index is -6.67. The Morgan fingerprint density at radius 2 is 1.71 bits per heavy atom. The molecule has 1 rings (SSSR count). The first kappa shape index (κ1) is 17.3. The number of hydrogen-bond donors (Lipinski definition) is 0. The van der Waals surface area contributed by atoms with Crippen molar-refractivity contribution in [3.63, 3.8) is 0 Å². The smallest absolute Gasteiger partial charge is 0.400 e. The van der Waals surface area contributed by atoms with Crippen LogP contribution in [-0.2, 0) is 24.4 Å². The molecule has 0 radical (unpaired) electrons. The fourth-order valence-corrected chi connectivity index (χ4v) is 1.75. The van der Waals surface area contributed by atoms with Crippen LogP contribution in [0.4, 0.5) is 17.6 Å². The van der Waals surface area contributed by atoms with Crippen molar-refractivity contribution in [1.82, 2.24) is 0 Å². The molecule has 0 heterocycles. The Labute approximate surface area is 115 Å². The predicted octanol–water partition coefficient (Wildman–Crippen LogP) is 0.757. The third-order valence-corrected chi connectivity index (χ3v) is 3.33. The third kappa shape index (κ3) is 3.13. The summed E-state index contributed by atoms with van der Waals surface area (Å²) < 4.78 is 87.6. The van der Waals surface area contributed by atoms with Gasteiger partial charge in [0.25, 0.3) is 0 Å². The molecule has 21 heavy (non-hydrogen) atoms. The van der Waals surface area contributed by atoms with Crippen LogP contribution in [0.2, 0.25) is 0 Å². The normalized spacial score (nSPS) is 18.5. The first-order valence-corrected chi connectivity index (χ1v) is 6.57. The van der Waals surface area contributed by atoms with Crippen LogP contribution in [0.25, 0.3) is 0 Å². The summed E-state index contributed by atoms with van der Waals surface area (Å²) in [5.74, 6) is -8.25. The largest absolute Gasteiger partial charge is 0.743 e. The van der Waals surface area contributed by atoms with Crippen molar-refractivity contribution in [2.45, 2.75) is 24.2 Å². The van der Waals surface area contributed by atoms with Crippen LogP contribution in [-0.4, -0.2) is 41.8 Å². The van der Waals surface area contributed by atoms with Gasteiger partial charge in [-0.2, -0.15) is 17.6 Å². The van der Waals surface area contributed by atoms with Crippen LogP contribution in [0.5, 0.6) is 0 Å². The quantitative estimate of drug-likeness (QED) is 0.419. The molecule has 6 nitrogen and oxygen atoms in total. The molecule has 1 unspecified atom stereocenters. The second-order valence-electron chi connectivity index (χ2n) is 3.96. The highest BCUT2D eigenvalue weighted by molar-refractivity contribution is 7.86. The fourth-order valence-electron chi connectivity index (χ4n) is 1.25. The zero-order valence-corrected chi connectivity index (χ0v) is 11.0. The van der Waals surface area contributed by atoms with E-state index in [-0.39, 0.29) is 0 Å². The summed E-state index contributed by atoms with van der Waals surface area (Å²) in [6, 6.07) is 0. The summed E-state index contributed by atoms with van der Waals surface area (Å²) in [5, 5.41) is -5.95. The number of carbonyl (C=O) groups is 2. The molecule has 1 aliphatic carbocycles. The van der Waals surface area contributed by atoms with Crippen LogP contribution in [0.15, 0.2) is 24.0 Å². The van der Waals surface area contributed by atoms with Crippen LogP contribution in [0.3, 0.4) is 0 Å². The molecule has 0 aliphatic heterocycles. The van der Waals surface area contributed by atoms with E-state index in [2.05, 4.69) is 4.74 Å². The molecule has 0 saturated heterocycles. The van der Waals surface area contributed by atoms with Crippen molar-refractivity contribution in [3.05, 3.63) is 24.0 Å². The predicted molar refractivity (Wildman–Crippen MR) is 57.4 cm³/mol. The summed E-state index contributed by atoms with van der Waals surface area (Å²) >= 11 is 0. The third-order valence-electron chi connectivity index (χ3n) is 2.43. The lowest BCUT2D eigenvalue weighted by Crippen LogP contribution is -2.54. The van der Waals surface area contributed by atoms with Crippen molar-refractivity contribution in [2.75, 3.05) is 0 Å². The molecule has 0 bridgehead atoms. The van der Waals surface area contributed by atoms with Gasteiger partial charge in [-0.3, -0.25) is 9.59 Å². The highest BCUT2D eigenvalue weighted by Gasteiger charge is 2.65. The lowest BCUT2D eigenvalue weighted by molar-refractivity contribution is -0.214. The van der Waals surface area contributed by atoms with E-state index in [0.29, 0.717) is 19.1 Å². The van der Waals surface area contributed by atoms with Gasteiger partial charge in [-0.25, -0.2) is 8.42 Å². The Bertz CT molecular complexity index is 634. The van der Waals surface area contributed by atoms with Crippen molar-refractivity contribution in [1.29, 1.82) is 0 Å². The van der Waals surface area contributed by atoms with Gasteiger partial charge in [0.05, 0.1) is 0 Å². The van der Waals surface area contributed by atoms with E-state index in [1.165, 1.54) is 0 Å². The summed E-state index contributed by atoms with van der Waals surface area (Å²) in [4.78, 5) is 22.1. The standard InChI is InChI=1S/C10H8F4O6S/c1-5(9(11,12)10(13,14)21(17,18)19)20-8-4-6(15)2-3-7(8)16/h2-5H,1H3,(H,17,18,19)/p-1. The van der Waals surface area contributed by atoms with Gasteiger partial charge in [0.15, 0.2) is 27.8 Å². The maximum atomic E-state index is 13.4. The Balaban J connectivity index is 3.06. The Morgan fingerprint density at radius 3 is 2.19 bits per heavy atom. The summed E-state index contributed by atoms with van der Waals surface area (Å²) in [7, 11) is -6.67. The molecule has 0 amide bonds. The van der Waals surface area contributed by atoms with E-state index >= 15 is 0 Å². The number of ether oxygens (including phenoxy) is 1. The molecule has 11 heteroatoms.